The number of hydrogen-bond donors (Lipinski definition) is 1. The summed E-state index contributed by atoms with van der Waals surface area (Å²) in [5.74, 6) is -0.124. The van der Waals surface area contributed by atoms with Crippen LogP contribution in [-0.4, -0.2) is 15.4 Å². The number of carbonyl (C=O) groups excluding carboxylic acids is 1. The Morgan fingerprint density at radius 1 is 1.23 bits per heavy atom. The predicted octanol–water partition coefficient (Wildman–Crippen LogP) is 3.85. The molecule has 1 N–H and O–H groups in total. The topological polar surface area (TPSA) is 89.5 Å². The summed E-state index contributed by atoms with van der Waals surface area (Å²) < 4.78 is 1.89. The fourth-order valence-electron chi connectivity index (χ4n) is 2.44. The number of thiazole rings is 1. The first kappa shape index (κ1) is 17.6. The van der Waals surface area contributed by atoms with E-state index in [1.54, 1.807) is 24.3 Å². The van der Waals surface area contributed by atoms with Gasteiger partial charge in [0.05, 0.1) is 16.3 Å². The molecule has 0 saturated carbocycles. The van der Waals surface area contributed by atoms with Gasteiger partial charge in [0.1, 0.15) is 0 Å². The lowest BCUT2D eigenvalue weighted by molar-refractivity contribution is -0.384. The lowest BCUT2D eigenvalue weighted by Gasteiger charge is -2.03. The highest BCUT2D eigenvalue weighted by molar-refractivity contribution is 7.07. The Hall–Kier alpha value is -3.26. The molecule has 0 aliphatic rings. The fraction of sp³-hybridized carbons (Fsp3) is 0.111. The normalized spacial score (nSPS) is 11.4. The number of nitrogens with one attached hydrogen (secondary N) is 1. The van der Waals surface area contributed by atoms with Crippen molar-refractivity contribution in [2.75, 3.05) is 5.32 Å². The van der Waals surface area contributed by atoms with E-state index < -0.39 is 4.92 Å². The van der Waals surface area contributed by atoms with Gasteiger partial charge in [0, 0.05) is 42.7 Å². The van der Waals surface area contributed by atoms with Crippen LogP contribution in [0.3, 0.4) is 0 Å². The van der Waals surface area contributed by atoms with Gasteiger partial charge in [-0.3, -0.25) is 14.9 Å². The molecule has 0 unspecified atom stereocenters. The smallest absolute Gasteiger partial charge is 0.270 e. The van der Waals surface area contributed by atoms with Crippen LogP contribution in [0.2, 0.25) is 0 Å². The van der Waals surface area contributed by atoms with Gasteiger partial charge in [0.15, 0.2) is 4.80 Å². The second-order valence-electron chi connectivity index (χ2n) is 5.61. The van der Waals surface area contributed by atoms with Crippen LogP contribution in [-0.2, 0) is 11.8 Å². The Balaban J connectivity index is 1.93. The zero-order chi connectivity index (χ0) is 18.7. The zero-order valence-corrected chi connectivity index (χ0v) is 15.0. The molecular weight excluding hydrogens is 352 g/mol. The van der Waals surface area contributed by atoms with E-state index in [2.05, 4.69) is 10.3 Å². The highest BCUT2D eigenvalue weighted by Gasteiger charge is 2.10. The first-order valence-electron chi connectivity index (χ1n) is 7.76. The highest BCUT2D eigenvalue weighted by Crippen LogP contribution is 2.24. The van der Waals surface area contributed by atoms with Gasteiger partial charge in [0.25, 0.3) is 5.69 Å². The maximum Gasteiger partial charge on any atom is 0.270 e. The van der Waals surface area contributed by atoms with Gasteiger partial charge < -0.3 is 9.88 Å². The molecule has 1 amide bonds. The number of aromatic nitrogens is 1. The Kier molecular flexibility index (Phi) is 4.94. The molecule has 0 aliphatic carbocycles. The zero-order valence-electron chi connectivity index (χ0n) is 14.2. The molecular formula is C18H16N4O3S. The molecule has 0 atom stereocenters. The summed E-state index contributed by atoms with van der Waals surface area (Å²) >= 11 is 1.45. The van der Waals surface area contributed by atoms with Crippen molar-refractivity contribution >= 4 is 34.3 Å². The number of anilines is 1. The van der Waals surface area contributed by atoms with Crippen molar-refractivity contribution in [2.24, 2.45) is 12.0 Å². The molecule has 7 nitrogen and oxygen atoms in total. The van der Waals surface area contributed by atoms with Crippen molar-refractivity contribution in [1.29, 1.82) is 0 Å². The first-order valence-corrected chi connectivity index (χ1v) is 8.64. The average molecular weight is 368 g/mol. The van der Waals surface area contributed by atoms with Crippen LogP contribution in [0.1, 0.15) is 6.92 Å². The second-order valence-corrected chi connectivity index (χ2v) is 6.45. The molecule has 2 aromatic carbocycles. The van der Waals surface area contributed by atoms with Crippen molar-refractivity contribution in [3.05, 3.63) is 68.8 Å². The SMILES string of the molecule is CC(=O)Nc1ccc(N=c2scc(-c3cccc([N+](=O)[O-])c3)n2C)cc1. The summed E-state index contributed by atoms with van der Waals surface area (Å²) in [6.07, 6.45) is 0. The van der Waals surface area contributed by atoms with Crippen LogP contribution in [0.4, 0.5) is 17.1 Å². The minimum absolute atomic E-state index is 0.0562. The van der Waals surface area contributed by atoms with Gasteiger partial charge in [0.2, 0.25) is 5.91 Å². The van der Waals surface area contributed by atoms with Crippen molar-refractivity contribution in [3.8, 4) is 11.3 Å². The summed E-state index contributed by atoms with van der Waals surface area (Å²) in [4.78, 5) is 27.0. The molecule has 8 heteroatoms. The number of carbonyl (C=O) groups is 1. The number of nitro groups is 1. The molecule has 1 heterocycles. The Morgan fingerprint density at radius 2 is 1.96 bits per heavy atom. The number of amides is 1. The highest BCUT2D eigenvalue weighted by atomic mass is 32.1. The third-order valence-electron chi connectivity index (χ3n) is 3.69. The average Bonchev–Trinajstić information content (AvgIpc) is 2.97. The van der Waals surface area contributed by atoms with Crippen LogP contribution >= 0.6 is 11.3 Å². The molecule has 0 aliphatic heterocycles. The van der Waals surface area contributed by atoms with E-state index in [9.17, 15) is 14.9 Å². The van der Waals surface area contributed by atoms with E-state index >= 15 is 0 Å². The number of rotatable bonds is 4. The third-order valence-corrected chi connectivity index (χ3v) is 4.61. The predicted molar refractivity (Wildman–Crippen MR) is 101 cm³/mol. The first-order chi connectivity index (χ1) is 12.4. The molecule has 3 rings (SSSR count). The lowest BCUT2D eigenvalue weighted by Crippen LogP contribution is -2.11. The number of hydrogen-bond acceptors (Lipinski definition) is 5. The molecule has 1 aromatic heterocycles. The number of benzene rings is 2. The van der Waals surface area contributed by atoms with E-state index in [-0.39, 0.29) is 11.6 Å². The number of nitro benzene ring substituents is 1. The van der Waals surface area contributed by atoms with Gasteiger partial charge in [-0.25, -0.2) is 4.99 Å². The summed E-state index contributed by atoms with van der Waals surface area (Å²) in [6.45, 7) is 1.46. The van der Waals surface area contributed by atoms with Gasteiger partial charge in [-0.2, -0.15) is 0 Å². The number of nitrogens with zero attached hydrogens (tertiary/aromatic N) is 3. The van der Waals surface area contributed by atoms with Crippen LogP contribution in [0.15, 0.2) is 58.9 Å². The van der Waals surface area contributed by atoms with Crippen molar-refractivity contribution < 1.29 is 9.72 Å². The standard InChI is InChI=1S/C18H16N4O3S/c1-12(23)19-14-6-8-15(9-7-14)20-18-21(2)17(11-26-18)13-4-3-5-16(10-13)22(24)25/h3-11H,1-2H3,(H,19,23). The fourth-order valence-corrected chi connectivity index (χ4v) is 3.37. The van der Waals surface area contributed by atoms with E-state index in [1.807, 2.05) is 35.2 Å². The molecule has 0 saturated heterocycles. The van der Waals surface area contributed by atoms with E-state index in [0.717, 1.165) is 21.7 Å². The third kappa shape index (κ3) is 3.86. The molecule has 0 radical (unpaired) electrons. The van der Waals surface area contributed by atoms with E-state index in [4.69, 9.17) is 0 Å². The maximum absolute atomic E-state index is 11.1. The second kappa shape index (κ2) is 7.32. The molecule has 132 valence electrons. The minimum atomic E-state index is -0.405. The van der Waals surface area contributed by atoms with E-state index in [0.29, 0.717) is 5.69 Å². The van der Waals surface area contributed by atoms with Gasteiger partial charge >= 0.3 is 0 Å². The van der Waals surface area contributed by atoms with Crippen LogP contribution in [0, 0.1) is 10.1 Å². The summed E-state index contributed by atoms with van der Waals surface area (Å²) in [7, 11) is 1.87. The summed E-state index contributed by atoms with van der Waals surface area (Å²) in [5.41, 5.74) is 3.14. The Bertz CT molecular complexity index is 1040. The van der Waals surface area contributed by atoms with Crippen LogP contribution in [0.25, 0.3) is 11.3 Å². The molecule has 0 spiro atoms. The summed E-state index contributed by atoms with van der Waals surface area (Å²) in [5, 5.41) is 15.6. The largest absolute Gasteiger partial charge is 0.326 e. The van der Waals surface area contributed by atoms with Gasteiger partial charge in [-0.1, -0.05) is 12.1 Å². The van der Waals surface area contributed by atoms with Crippen molar-refractivity contribution in [2.45, 2.75) is 6.92 Å². The molecule has 26 heavy (non-hydrogen) atoms. The van der Waals surface area contributed by atoms with Crippen molar-refractivity contribution in [1.82, 2.24) is 4.57 Å². The number of non-ortho nitro benzene ring substituents is 1. The minimum Gasteiger partial charge on any atom is -0.326 e. The van der Waals surface area contributed by atoms with Gasteiger partial charge in [-0.05, 0) is 24.3 Å². The summed E-state index contributed by atoms with van der Waals surface area (Å²) in [6, 6.07) is 13.7. The van der Waals surface area contributed by atoms with Gasteiger partial charge in [-0.15, -0.1) is 11.3 Å². The lowest BCUT2D eigenvalue weighted by atomic mass is 10.1. The monoisotopic (exact) mass is 368 g/mol. The van der Waals surface area contributed by atoms with Crippen molar-refractivity contribution in [3.63, 3.8) is 0 Å². The Morgan fingerprint density at radius 3 is 2.62 bits per heavy atom. The molecule has 0 fully saturated rings. The van der Waals surface area contributed by atoms with Crippen LogP contribution < -0.4 is 10.1 Å². The molecule has 3 aromatic rings. The van der Waals surface area contributed by atoms with E-state index in [1.165, 1.54) is 24.3 Å². The Labute approximate surface area is 153 Å². The van der Waals surface area contributed by atoms with Crippen LogP contribution in [0.5, 0.6) is 0 Å². The quantitative estimate of drug-likeness (QED) is 0.560. The maximum atomic E-state index is 11.1. The molecule has 0 bridgehead atoms.